The molecule has 0 amide bonds. The standard InChI is InChI=1S/C14H20O2/c1-10-4-3-7-14(2)12(10)6-5-11(8-15)13(14)9-16/h5,8-10,12-13H,3-4,6-7H2,1-2H3. The van der Waals surface area contributed by atoms with Crippen LogP contribution in [0.25, 0.3) is 0 Å². The minimum Gasteiger partial charge on any atom is -0.303 e. The zero-order chi connectivity index (χ0) is 11.8. The molecule has 2 heteroatoms. The second-order valence-corrected chi connectivity index (χ2v) is 5.65. The van der Waals surface area contributed by atoms with Gasteiger partial charge >= 0.3 is 0 Å². The van der Waals surface area contributed by atoms with Crippen LogP contribution < -0.4 is 0 Å². The topological polar surface area (TPSA) is 34.1 Å². The van der Waals surface area contributed by atoms with E-state index in [-0.39, 0.29) is 11.3 Å². The van der Waals surface area contributed by atoms with E-state index in [1.807, 2.05) is 6.08 Å². The molecule has 1 saturated carbocycles. The quantitative estimate of drug-likeness (QED) is 0.671. The normalized spacial score (nSPS) is 43.1. The summed E-state index contributed by atoms with van der Waals surface area (Å²) >= 11 is 0. The van der Waals surface area contributed by atoms with Gasteiger partial charge in [0.2, 0.25) is 0 Å². The third kappa shape index (κ3) is 1.55. The number of aldehydes is 2. The van der Waals surface area contributed by atoms with Crippen molar-refractivity contribution in [2.24, 2.45) is 23.2 Å². The molecule has 1 fully saturated rings. The molecule has 2 rings (SSSR count). The largest absolute Gasteiger partial charge is 0.303 e. The highest BCUT2D eigenvalue weighted by atomic mass is 16.1. The predicted octanol–water partition coefficient (Wildman–Crippen LogP) is 2.77. The molecule has 2 aliphatic carbocycles. The highest BCUT2D eigenvalue weighted by Crippen LogP contribution is 2.54. The van der Waals surface area contributed by atoms with Gasteiger partial charge in [-0.3, -0.25) is 4.79 Å². The van der Waals surface area contributed by atoms with Crippen molar-refractivity contribution in [1.82, 2.24) is 0 Å². The molecule has 2 aliphatic rings. The Morgan fingerprint density at radius 1 is 1.44 bits per heavy atom. The summed E-state index contributed by atoms with van der Waals surface area (Å²) in [6, 6.07) is 0. The molecule has 0 aromatic carbocycles. The lowest BCUT2D eigenvalue weighted by atomic mass is 9.53. The Balaban J connectivity index is 2.39. The fraction of sp³-hybridized carbons (Fsp3) is 0.714. The molecule has 0 bridgehead atoms. The van der Waals surface area contributed by atoms with Crippen molar-refractivity contribution in [1.29, 1.82) is 0 Å². The molecule has 0 aliphatic heterocycles. The molecule has 4 atom stereocenters. The van der Waals surface area contributed by atoms with E-state index in [0.717, 1.165) is 25.4 Å². The smallest absolute Gasteiger partial charge is 0.146 e. The highest BCUT2D eigenvalue weighted by molar-refractivity contribution is 5.82. The Kier molecular flexibility index (Phi) is 3.00. The molecule has 4 unspecified atom stereocenters. The van der Waals surface area contributed by atoms with Crippen LogP contribution in [0.15, 0.2) is 11.6 Å². The van der Waals surface area contributed by atoms with E-state index in [9.17, 15) is 9.59 Å². The average Bonchev–Trinajstić information content (AvgIpc) is 2.27. The van der Waals surface area contributed by atoms with Gasteiger partial charge in [0.15, 0.2) is 0 Å². The molecular weight excluding hydrogens is 200 g/mol. The molecule has 0 N–H and O–H groups in total. The first-order valence-corrected chi connectivity index (χ1v) is 6.24. The van der Waals surface area contributed by atoms with Gasteiger partial charge in [-0.2, -0.15) is 0 Å². The van der Waals surface area contributed by atoms with Crippen molar-refractivity contribution in [2.45, 2.75) is 39.5 Å². The van der Waals surface area contributed by atoms with E-state index in [0.29, 0.717) is 17.4 Å². The summed E-state index contributed by atoms with van der Waals surface area (Å²) < 4.78 is 0. The van der Waals surface area contributed by atoms with Crippen molar-refractivity contribution >= 4 is 12.6 Å². The lowest BCUT2D eigenvalue weighted by molar-refractivity contribution is -0.119. The molecule has 2 nitrogen and oxygen atoms in total. The van der Waals surface area contributed by atoms with Gasteiger partial charge in [0, 0.05) is 5.92 Å². The Morgan fingerprint density at radius 2 is 2.19 bits per heavy atom. The van der Waals surface area contributed by atoms with Gasteiger partial charge in [-0.15, -0.1) is 0 Å². The maximum absolute atomic E-state index is 11.3. The maximum atomic E-state index is 11.3. The van der Waals surface area contributed by atoms with Crippen LogP contribution in [-0.2, 0) is 9.59 Å². The van der Waals surface area contributed by atoms with Gasteiger partial charge in [0.25, 0.3) is 0 Å². The van der Waals surface area contributed by atoms with E-state index in [2.05, 4.69) is 13.8 Å². The van der Waals surface area contributed by atoms with Crippen LogP contribution in [0.2, 0.25) is 0 Å². The third-order valence-corrected chi connectivity index (χ3v) is 4.86. The zero-order valence-electron chi connectivity index (χ0n) is 10.1. The molecule has 0 aromatic heterocycles. The van der Waals surface area contributed by atoms with Crippen LogP contribution in [0.1, 0.15) is 39.5 Å². The van der Waals surface area contributed by atoms with Gasteiger partial charge in [-0.25, -0.2) is 0 Å². The van der Waals surface area contributed by atoms with Gasteiger partial charge in [-0.1, -0.05) is 32.8 Å². The summed E-state index contributed by atoms with van der Waals surface area (Å²) in [7, 11) is 0. The highest BCUT2D eigenvalue weighted by Gasteiger charge is 2.48. The van der Waals surface area contributed by atoms with Crippen molar-refractivity contribution in [2.75, 3.05) is 0 Å². The van der Waals surface area contributed by atoms with E-state index in [1.165, 1.54) is 12.8 Å². The third-order valence-electron chi connectivity index (χ3n) is 4.86. The van der Waals surface area contributed by atoms with Gasteiger partial charge in [-0.05, 0) is 35.7 Å². The van der Waals surface area contributed by atoms with Gasteiger partial charge < -0.3 is 4.79 Å². The molecule has 0 spiro atoms. The summed E-state index contributed by atoms with van der Waals surface area (Å²) in [6.07, 6.45) is 8.35. The molecular formula is C14H20O2. The molecule has 0 aromatic rings. The monoisotopic (exact) mass is 220 g/mol. The minimum atomic E-state index is -0.175. The van der Waals surface area contributed by atoms with E-state index < -0.39 is 0 Å². The summed E-state index contributed by atoms with van der Waals surface area (Å²) in [5, 5.41) is 0. The second-order valence-electron chi connectivity index (χ2n) is 5.65. The number of hydrogen-bond donors (Lipinski definition) is 0. The molecule has 0 heterocycles. The minimum absolute atomic E-state index is 0.0183. The Bertz CT molecular complexity index is 332. The summed E-state index contributed by atoms with van der Waals surface area (Å²) in [6.45, 7) is 4.48. The Hall–Kier alpha value is -0.920. The number of carbonyl (C=O) groups is 2. The fourth-order valence-electron chi connectivity index (χ4n) is 3.86. The van der Waals surface area contributed by atoms with Crippen LogP contribution in [-0.4, -0.2) is 12.6 Å². The summed E-state index contributed by atoms with van der Waals surface area (Å²) in [4.78, 5) is 22.3. The lowest BCUT2D eigenvalue weighted by Crippen LogP contribution is -2.45. The number of rotatable bonds is 2. The number of carbonyl (C=O) groups excluding carboxylic acids is 2. The van der Waals surface area contributed by atoms with E-state index >= 15 is 0 Å². The molecule has 16 heavy (non-hydrogen) atoms. The van der Waals surface area contributed by atoms with E-state index in [1.54, 1.807) is 0 Å². The van der Waals surface area contributed by atoms with Crippen LogP contribution in [0.5, 0.6) is 0 Å². The van der Waals surface area contributed by atoms with Gasteiger partial charge in [0.1, 0.15) is 12.6 Å². The summed E-state index contributed by atoms with van der Waals surface area (Å²) in [5.74, 6) is 1.07. The van der Waals surface area contributed by atoms with Crippen LogP contribution >= 0.6 is 0 Å². The van der Waals surface area contributed by atoms with Crippen LogP contribution in [0.3, 0.4) is 0 Å². The first-order valence-electron chi connectivity index (χ1n) is 6.24. The SMILES string of the molecule is CC1CCCC2(C)C(C=O)C(C=O)=CCC12. The first-order chi connectivity index (χ1) is 7.63. The Labute approximate surface area is 97.1 Å². The Morgan fingerprint density at radius 3 is 2.81 bits per heavy atom. The van der Waals surface area contributed by atoms with Crippen molar-refractivity contribution in [3.63, 3.8) is 0 Å². The average molecular weight is 220 g/mol. The van der Waals surface area contributed by atoms with E-state index in [4.69, 9.17) is 0 Å². The zero-order valence-corrected chi connectivity index (χ0v) is 10.1. The predicted molar refractivity (Wildman–Crippen MR) is 62.9 cm³/mol. The summed E-state index contributed by atoms with van der Waals surface area (Å²) in [5.41, 5.74) is 0.729. The number of fused-ring (bicyclic) bond motifs is 1. The number of allylic oxidation sites excluding steroid dienone is 2. The maximum Gasteiger partial charge on any atom is 0.146 e. The lowest BCUT2D eigenvalue weighted by Gasteiger charge is -2.50. The van der Waals surface area contributed by atoms with Crippen LogP contribution in [0.4, 0.5) is 0 Å². The van der Waals surface area contributed by atoms with Gasteiger partial charge in [0.05, 0.1) is 0 Å². The fourth-order valence-corrected chi connectivity index (χ4v) is 3.86. The molecule has 88 valence electrons. The van der Waals surface area contributed by atoms with Crippen molar-refractivity contribution < 1.29 is 9.59 Å². The molecule has 0 saturated heterocycles. The van der Waals surface area contributed by atoms with Crippen molar-refractivity contribution in [3.8, 4) is 0 Å². The number of hydrogen-bond acceptors (Lipinski definition) is 2. The molecule has 0 radical (unpaired) electrons. The van der Waals surface area contributed by atoms with Crippen LogP contribution in [0, 0.1) is 23.2 Å². The first kappa shape index (κ1) is 11.6. The van der Waals surface area contributed by atoms with Crippen molar-refractivity contribution in [3.05, 3.63) is 11.6 Å². The second kappa shape index (κ2) is 4.15.